The Labute approximate surface area is 325 Å². The minimum Gasteiger partial charge on any atom is -0.370 e. The van der Waals surface area contributed by atoms with E-state index in [-0.39, 0.29) is 34.9 Å². The molecule has 0 bridgehead atoms. The summed E-state index contributed by atoms with van der Waals surface area (Å²) < 4.78 is 1.72. The number of anilines is 3. The lowest BCUT2D eigenvalue weighted by Gasteiger charge is -2.37. The van der Waals surface area contributed by atoms with Gasteiger partial charge in [-0.25, -0.2) is 9.97 Å². The van der Waals surface area contributed by atoms with Crippen LogP contribution in [0.3, 0.4) is 0 Å². The molecule has 4 aromatic rings. The van der Waals surface area contributed by atoms with Crippen molar-refractivity contribution in [3.05, 3.63) is 80.9 Å². The fourth-order valence-electron chi connectivity index (χ4n) is 9.27. The largest absolute Gasteiger partial charge is 0.370 e. The van der Waals surface area contributed by atoms with Crippen molar-refractivity contribution in [1.29, 1.82) is 0 Å². The molecule has 8 rings (SSSR count). The molecular weight excluding hydrogens is 711 g/mol. The van der Waals surface area contributed by atoms with Gasteiger partial charge in [0.15, 0.2) is 12.1 Å². The first-order valence-corrected chi connectivity index (χ1v) is 19.9. The van der Waals surface area contributed by atoms with Crippen molar-refractivity contribution in [2.75, 3.05) is 36.9 Å². The topological polar surface area (TPSA) is 163 Å². The number of Topliss-reactive ketones (excluding diaryl/α,β-unsaturated/α-hetero) is 2. The summed E-state index contributed by atoms with van der Waals surface area (Å²) in [5.41, 5.74) is 5.13. The minimum atomic E-state index is -0.448. The second-order valence-corrected chi connectivity index (χ2v) is 15.9. The van der Waals surface area contributed by atoms with Crippen molar-refractivity contribution in [3.63, 3.8) is 0 Å². The monoisotopic (exact) mass is 759 g/mol. The average molecular weight is 760 g/mol. The number of nitrogens with zero attached hydrogens (tertiary/aromatic N) is 7. The van der Waals surface area contributed by atoms with E-state index in [4.69, 9.17) is 4.98 Å². The molecule has 14 heteroatoms. The van der Waals surface area contributed by atoms with E-state index < -0.39 is 11.8 Å². The normalized spacial score (nSPS) is 20.5. The molecule has 2 unspecified atom stereocenters. The Morgan fingerprint density at radius 3 is 2.45 bits per heavy atom. The van der Waals surface area contributed by atoms with Crippen LogP contribution in [0.25, 0.3) is 11.0 Å². The van der Waals surface area contributed by atoms with Crippen LogP contribution in [0.4, 0.5) is 17.5 Å². The highest BCUT2D eigenvalue weighted by Gasteiger charge is 2.36. The summed E-state index contributed by atoms with van der Waals surface area (Å²) in [7, 11) is 2.17. The molecule has 3 aliphatic heterocycles. The molecule has 0 spiro atoms. The number of benzene rings is 1. The van der Waals surface area contributed by atoms with Crippen LogP contribution in [0.1, 0.15) is 102 Å². The molecule has 14 nitrogen and oxygen atoms in total. The predicted molar refractivity (Wildman–Crippen MR) is 212 cm³/mol. The van der Waals surface area contributed by atoms with E-state index >= 15 is 0 Å². The first kappa shape index (κ1) is 37.6. The molecule has 0 radical (unpaired) electrons. The molecule has 1 saturated carbocycles. The van der Waals surface area contributed by atoms with Crippen LogP contribution >= 0.6 is 0 Å². The van der Waals surface area contributed by atoms with Crippen molar-refractivity contribution < 1.29 is 19.2 Å². The summed E-state index contributed by atoms with van der Waals surface area (Å²) in [5, 5.41) is 7.08. The van der Waals surface area contributed by atoms with Gasteiger partial charge < -0.3 is 20.4 Å². The van der Waals surface area contributed by atoms with E-state index in [1.54, 1.807) is 17.7 Å². The van der Waals surface area contributed by atoms with Crippen LogP contribution < -0.4 is 21.1 Å². The first-order chi connectivity index (χ1) is 27.1. The van der Waals surface area contributed by atoms with Gasteiger partial charge in [0.05, 0.1) is 23.5 Å². The lowest BCUT2D eigenvalue weighted by Crippen LogP contribution is -2.52. The predicted octanol–water partition coefficient (Wildman–Crippen LogP) is 4.50. The van der Waals surface area contributed by atoms with Crippen molar-refractivity contribution >= 4 is 52.2 Å². The maximum Gasteiger partial charge on any atom is 0.263 e. The van der Waals surface area contributed by atoms with Gasteiger partial charge in [-0.05, 0) is 94.3 Å². The number of ketones is 2. The summed E-state index contributed by atoms with van der Waals surface area (Å²) in [6.07, 6.45) is 11.1. The third-order valence-electron chi connectivity index (χ3n) is 12.4. The summed E-state index contributed by atoms with van der Waals surface area (Å²) in [5.74, 6) is 0.313. The summed E-state index contributed by atoms with van der Waals surface area (Å²) in [4.78, 5) is 82.7. The number of aryl methyl sites for hydroxylation is 1. The van der Waals surface area contributed by atoms with Crippen molar-refractivity contribution in [2.24, 2.45) is 0 Å². The number of amides is 1. The molecule has 2 atom stereocenters. The highest BCUT2D eigenvalue weighted by molar-refractivity contribution is 6.27. The molecule has 3 aromatic heterocycles. The smallest absolute Gasteiger partial charge is 0.263 e. The standard InChI is InChI=1S/C42H49N9O5/c1-25-34-21-45-42(47-39(34)51(30-6-4-5-7-30)41(56)38(25)26(2)53)46-37-13-10-31(19-44-37)49-16-14-29(15-17-49)48(3)22-27-8-11-33-28(18-27)23-50(40(33)55)32-9-12-35(43-20-32)36(54)24-52/h8,10-11,13,18-19,21,24,29-30,32,35,43H,4-7,9,12,14-17,20,22-23H2,1-3H3,(H,44,45,46,47). The molecule has 1 aromatic carbocycles. The van der Waals surface area contributed by atoms with Crippen molar-refractivity contribution in [2.45, 2.75) is 102 Å². The van der Waals surface area contributed by atoms with E-state index in [0.717, 1.165) is 75.0 Å². The Hall–Kier alpha value is -5.34. The quantitative estimate of drug-likeness (QED) is 0.125. The molecule has 1 aliphatic carbocycles. The lowest BCUT2D eigenvalue weighted by atomic mass is 9.97. The van der Waals surface area contributed by atoms with Gasteiger partial charge in [-0.3, -0.25) is 33.4 Å². The van der Waals surface area contributed by atoms with Crippen LogP contribution in [0.15, 0.2) is 47.5 Å². The molecule has 2 saturated heterocycles. The fraction of sp³-hybridized carbons (Fsp3) is 0.476. The Bertz CT molecular complexity index is 2230. The third-order valence-corrected chi connectivity index (χ3v) is 12.4. The molecule has 4 aliphatic rings. The Kier molecular flexibility index (Phi) is 10.5. The first-order valence-electron chi connectivity index (χ1n) is 19.9. The van der Waals surface area contributed by atoms with Crippen molar-refractivity contribution in [1.82, 2.24) is 34.6 Å². The molecule has 1 amide bonds. The SMILES string of the molecule is CC(=O)c1c(C)c2cnc(Nc3ccc(N4CCC(N(C)Cc5ccc6c(c5)CN(C5CCC(C(=O)C=O)NC5)C6=O)CC4)cn3)nc2n(C2CCCC2)c1=O. The maximum absolute atomic E-state index is 13.6. The number of aldehydes is 1. The number of nitrogens with one attached hydrogen (secondary N) is 2. The Morgan fingerprint density at radius 1 is 0.982 bits per heavy atom. The third kappa shape index (κ3) is 7.23. The number of carbonyl (C=O) groups excluding carboxylic acids is 4. The van der Waals surface area contributed by atoms with E-state index in [1.807, 2.05) is 23.2 Å². The van der Waals surface area contributed by atoms with Gasteiger partial charge in [0.2, 0.25) is 11.7 Å². The Morgan fingerprint density at radius 2 is 1.77 bits per heavy atom. The number of rotatable bonds is 11. The van der Waals surface area contributed by atoms with Crippen LogP contribution in [-0.4, -0.2) is 97.9 Å². The number of aromatic nitrogens is 4. The number of pyridine rings is 2. The van der Waals surface area contributed by atoms with Gasteiger partial charge in [0.25, 0.3) is 11.5 Å². The van der Waals surface area contributed by atoms with E-state index in [1.165, 1.54) is 12.5 Å². The zero-order chi connectivity index (χ0) is 39.1. The van der Waals surface area contributed by atoms with E-state index in [0.29, 0.717) is 66.6 Å². The number of fused-ring (bicyclic) bond motifs is 2. The lowest BCUT2D eigenvalue weighted by molar-refractivity contribution is -0.131. The zero-order valence-electron chi connectivity index (χ0n) is 32.3. The van der Waals surface area contributed by atoms with Gasteiger partial charge in [-0.1, -0.05) is 25.0 Å². The highest BCUT2D eigenvalue weighted by Crippen LogP contribution is 2.33. The highest BCUT2D eigenvalue weighted by atomic mass is 16.2. The molecule has 3 fully saturated rings. The van der Waals surface area contributed by atoms with Gasteiger partial charge in [0, 0.05) is 68.0 Å². The van der Waals surface area contributed by atoms with E-state index in [2.05, 4.69) is 55.6 Å². The molecule has 56 heavy (non-hydrogen) atoms. The Balaban J connectivity index is 0.864. The molecule has 2 N–H and O–H groups in total. The van der Waals surface area contributed by atoms with Crippen LogP contribution in [0.2, 0.25) is 0 Å². The van der Waals surface area contributed by atoms with E-state index in [9.17, 15) is 24.0 Å². The number of hydrogen-bond acceptors (Lipinski definition) is 12. The van der Waals surface area contributed by atoms with Gasteiger partial charge in [-0.2, -0.15) is 4.98 Å². The fourth-order valence-corrected chi connectivity index (χ4v) is 9.27. The van der Waals surface area contributed by atoms with Crippen LogP contribution in [0.5, 0.6) is 0 Å². The van der Waals surface area contributed by atoms with Gasteiger partial charge >= 0.3 is 0 Å². The maximum atomic E-state index is 13.6. The van der Waals surface area contributed by atoms with Crippen LogP contribution in [-0.2, 0) is 22.7 Å². The second kappa shape index (κ2) is 15.7. The average Bonchev–Trinajstić information content (AvgIpc) is 3.86. The second-order valence-electron chi connectivity index (χ2n) is 15.9. The summed E-state index contributed by atoms with van der Waals surface area (Å²) >= 11 is 0. The van der Waals surface area contributed by atoms with Crippen molar-refractivity contribution in [3.8, 4) is 0 Å². The number of piperidine rings is 2. The number of carbonyl (C=O) groups is 4. The molecular formula is C42H49N9O5. The van der Waals surface area contributed by atoms with Crippen LogP contribution in [0, 0.1) is 6.92 Å². The van der Waals surface area contributed by atoms with Gasteiger partial charge in [-0.15, -0.1) is 0 Å². The number of hydrogen-bond donors (Lipinski definition) is 2. The summed E-state index contributed by atoms with van der Waals surface area (Å²) in [6.45, 7) is 6.90. The summed E-state index contributed by atoms with van der Waals surface area (Å²) in [6, 6.07) is 10.1. The van der Waals surface area contributed by atoms with Gasteiger partial charge in [0.1, 0.15) is 11.5 Å². The zero-order valence-corrected chi connectivity index (χ0v) is 32.3. The minimum absolute atomic E-state index is 0.000402. The molecule has 6 heterocycles. The molecule has 292 valence electrons.